The Morgan fingerprint density at radius 2 is 1.59 bits per heavy atom. The Balaban J connectivity index is 1.66. The van der Waals surface area contributed by atoms with Gasteiger partial charge in [0.1, 0.15) is 6.42 Å². The number of hydrogen-bond donors (Lipinski definition) is 0. The first-order valence-corrected chi connectivity index (χ1v) is 13.5. The molecule has 1 atom stereocenters. The monoisotopic (exact) mass is 677 g/mol. The molecule has 0 saturated carbocycles. The van der Waals surface area contributed by atoms with E-state index < -0.39 is 30.6 Å². The third kappa shape index (κ3) is 8.87. The summed E-state index contributed by atoms with van der Waals surface area (Å²) in [7, 11) is 0. The molecule has 2 aromatic rings. The maximum absolute atomic E-state index is 13.8. The van der Waals surface area contributed by atoms with Gasteiger partial charge in [0.15, 0.2) is 5.78 Å². The van der Waals surface area contributed by atoms with Crippen molar-refractivity contribution in [1.82, 2.24) is 4.90 Å². The van der Waals surface area contributed by atoms with Crippen molar-refractivity contribution in [3.05, 3.63) is 72.6 Å². The van der Waals surface area contributed by atoms with E-state index in [1.165, 1.54) is 24.3 Å². The highest BCUT2D eigenvalue weighted by atomic mass is 79.9. The fourth-order valence-electron chi connectivity index (χ4n) is 4.27. The van der Waals surface area contributed by atoms with E-state index >= 15 is 0 Å². The predicted molar refractivity (Wildman–Crippen MR) is 142 cm³/mol. The molecule has 212 valence electrons. The SMILES string of the molecule is O=C(CC1CCN(C(=O)CC(F)(F)F)CC1)c1ccc(/C=C/C(c2cc(Cl)c(Cl)c(Cl)c2)C(F)(F)F)cc1Br. The van der Waals surface area contributed by atoms with Gasteiger partial charge in [-0.2, -0.15) is 26.3 Å². The van der Waals surface area contributed by atoms with E-state index in [9.17, 15) is 35.9 Å². The van der Waals surface area contributed by atoms with Crippen molar-refractivity contribution in [3.8, 4) is 0 Å². The van der Waals surface area contributed by atoms with Gasteiger partial charge in [0.2, 0.25) is 5.91 Å². The first kappa shape index (κ1) is 31.8. The van der Waals surface area contributed by atoms with E-state index in [4.69, 9.17) is 34.8 Å². The molecule has 39 heavy (non-hydrogen) atoms. The number of ketones is 1. The highest BCUT2D eigenvalue weighted by Gasteiger charge is 2.39. The molecule has 2 aromatic carbocycles. The van der Waals surface area contributed by atoms with Gasteiger partial charge in [0, 0.05) is 29.5 Å². The Hall–Kier alpha value is -1.75. The molecule has 13 heteroatoms. The van der Waals surface area contributed by atoms with Gasteiger partial charge in [-0.15, -0.1) is 0 Å². The molecule has 1 aliphatic rings. The summed E-state index contributed by atoms with van der Waals surface area (Å²) in [6.07, 6.45) is -7.58. The summed E-state index contributed by atoms with van der Waals surface area (Å²) in [6, 6.07) is 6.71. The van der Waals surface area contributed by atoms with Crippen LogP contribution in [-0.2, 0) is 4.79 Å². The van der Waals surface area contributed by atoms with Crippen molar-refractivity contribution in [2.45, 2.75) is 44.0 Å². The molecule has 0 radical (unpaired) electrons. The number of nitrogens with zero attached hydrogens (tertiary/aromatic N) is 1. The normalized spacial score (nSPS) is 16.1. The lowest BCUT2D eigenvalue weighted by Crippen LogP contribution is -2.40. The predicted octanol–water partition coefficient (Wildman–Crippen LogP) is 9.53. The van der Waals surface area contributed by atoms with Crippen LogP contribution in [0.5, 0.6) is 0 Å². The molecule has 1 aliphatic heterocycles. The van der Waals surface area contributed by atoms with E-state index in [1.807, 2.05) is 0 Å². The van der Waals surface area contributed by atoms with Gasteiger partial charge in [-0.05, 0) is 54.2 Å². The molecule has 0 N–H and O–H groups in total. The van der Waals surface area contributed by atoms with Crippen LogP contribution in [0.1, 0.15) is 53.1 Å². The largest absolute Gasteiger partial charge is 0.399 e. The molecule has 0 aromatic heterocycles. The number of likely N-dealkylation sites (tertiary alicyclic amines) is 1. The summed E-state index contributed by atoms with van der Waals surface area (Å²) in [4.78, 5) is 25.8. The van der Waals surface area contributed by atoms with Gasteiger partial charge < -0.3 is 4.90 Å². The number of rotatable bonds is 7. The number of Topliss-reactive ketones (excluding diaryl/α,β-unsaturated/α-hetero) is 1. The third-order valence-electron chi connectivity index (χ3n) is 6.29. The lowest BCUT2D eigenvalue weighted by molar-refractivity contribution is -0.162. The fourth-order valence-corrected chi connectivity index (χ4v) is 5.50. The Morgan fingerprint density at radius 3 is 2.10 bits per heavy atom. The van der Waals surface area contributed by atoms with E-state index in [2.05, 4.69) is 15.9 Å². The lowest BCUT2D eigenvalue weighted by Gasteiger charge is -2.32. The molecular weight excluding hydrogens is 659 g/mol. The van der Waals surface area contributed by atoms with E-state index in [0.717, 1.165) is 23.1 Å². The van der Waals surface area contributed by atoms with E-state index in [1.54, 1.807) is 0 Å². The van der Waals surface area contributed by atoms with Crippen LogP contribution in [0.25, 0.3) is 6.08 Å². The number of halogens is 10. The van der Waals surface area contributed by atoms with Crippen LogP contribution in [-0.4, -0.2) is 42.0 Å². The number of benzene rings is 2. The topological polar surface area (TPSA) is 37.4 Å². The van der Waals surface area contributed by atoms with Crippen LogP contribution in [0.4, 0.5) is 26.3 Å². The Labute approximate surface area is 244 Å². The first-order valence-electron chi connectivity index (χ1n) is 11.6. The van der Waals surface area contributed by atoms with Crippen LogP contribution < -0.4 is 0 Å². The molecular formula is C26H21BrCl3F6NO2. The average Bonchev–Trinajstić information content (AvgIpc) is 2.81. The molecule has 3 rings (SSSR count). The van der Waals surface area contributed by atoms with Crippen molar-refractivity contribution in [1.29, 1.82) is 0 Å². The second kappa shape index (κ2) is 12.8. The van der Waals surface area contributed by atoms with Gasteiger partial charge in [-0.3, -0.25) is 9.59 Å². The Morgan fingerprint density at radius 1 is 1.00 bits per heavy atom. The van der Waals surface area contributed by atoms with Gasteiger partial charge in [-0.25, -0.2) is 0 Å². The van der Waals surface area contributed by atoms with E-state index in [-0.39, 0.29) is 51.8 Å². The van der Waals surface area contributed by atoms with Crippen molar-refractivity contribution >= 4 is 68.5 Å². The van der Waals surface area contributed by atoms with Crippen molar-refractivity contribution in [3.63, 3.8) is 0 Å². The van der Waals surface area contributed by atoms with Gasteiger partial charge >= 0.3 is 12.4 Å². The molecule has 1 saturated heterocycles. The zero-order valence-electron chi connectivity index (χ0n) is 20.0. The number of amides is 1. The van der Waals surface area contributed by atoms with Crippen LogP contribution in [0.3, 0.4) is 0 Å². The number of carbonyl (C=O) groups excluding carboxylic acids is 2. The summed E-state index contributed by atoms with van der Waals surface area (Å²) < 4.78 is 79.1. The number of carbonyl (C=O) groups is 2. The Bertz CT molecular complexity index is 1230. The molecule has 0 aliphatic carbocycles. The third-order valence-corrected chi connectivity index (χ3v) is 8.14. The lowest BCUT2D eigenvalue weighted by atomic mass is 9.89. The minimum Gasteiger partial charge on any atom is -0.342 e. The summed E-state index contributed by atoms with van der Waals surface area (Å²) in [5.74, 6) is -3.33. The van der Waals surface area contributed by atoms with Crippen LogP contribution in [0.15, 0.2) is 40.9 Å². The Kier molecular flexibility index (Phi) is 10.5. The molecule has 0 bridgehead atoms. The summed E-state index contributed by atoms with van der Waals surface area (Å²) in [6.45, 7) is 0.282. The molecule has 1 heterocycles. The van der Waals surface area contributed by atoms with Gasteiger partial charge in [0.25, 0.3) is 0 Å². The fraction of sp³-hybridized carbons (Fsp3) is 0.385. The minimum absolute atomic E-state index is 0.0448. The highest BCUT2D eigenvalue weighted by Crippen LogP contribution is 2.41. The van der Waals surface area contributed by atoms with Gasteiger partial charge in [-0.1, -0.05) is 69.0 Å². The van der Waals surface area contributed by atoms with Crippen molar-refractivity contribution in [2.75, 3.05) is 13.1 Å². The smallest absolute Gasteiger partial charge is 0.342 e. The van der Waals surface area contributed by atoms with Crippen molar-refractivity contribution < 1.29 is 35.9 Å². The average molecular weight is 680 g/mol. The zero-order valence-corrected chi connectivity index (χ0v) is 23.8. The molecule has 1 fully saturated rings. The number of piperidine rings is 1. The van der Waals surface area contributed by atoms with Crippen LogP contribution in [0, 0.1) is 5.92 Å². The second-order valence-corrected chi connectivity index (χ2v) is 11.2. The molecule has 0 spiro atoms. The number of hydrogen-bond acceptors (Lipinski definition) is 2. The van der Waals surface area contributed by atoms with Crippen LogP contribution >= 0.6 is 50.7 Å². The standard InChI is InChI=1S/C26H21BrCl3F6NO2/c27-19-9-14(2-4-18(26(34,35)36)16-11-20(28)24(30)21(29)12-16)1-3-17(19)22(38)10-15-5-7-37(8-6-15)23(39)13-25(31,32)33/h1-4,9,11-12,15,18H,5-8,10,13H2/b4-2+. The summed E-state index contributed by atoms with van der Waals surface area (Å²) in [5.41, 5.74) is 0.539. The zero-order chi connectivity index (χ0) is 29.1. The van der Waals surface area contributed by atoms with E-state index in [0.29, 0.717) is 28.4 Å². The maximum Gasteiger partial charge on any atom is 0.399 e. The minimum atomic E-state index is -4.64. The maximum atomic E-state index is 13.8. The number of alkyl halides is 6. The second-order valence-electron chi connectivity index (χ2n) is 9.16. The molecule has 1 amide bonds. The molecule has 1 unspecified atom stereocenters. The quantitative estimate of drug-likeness (QED) is 0.166. The van der Waals surface area contributed by atoms with Crippen LogP contribution in [0.2, 0.25) is 15.1 Å². The molecule has 3 nitrogen and oxygen atoms in total. The highest BCUT2D eigenvalue weighted by molar-refractivity contribution is 9.10. The summed E-state index contributed by atoms with van der Waals surface area (Å²) >= 11 is 21.0. The summed E-state index contributed by atoms with van der Waals surface area (Å²) in [5, 5.41) is -0.256. The van der Waals surface area contributed by atoms with Gasteiger partial charge in [0.05, 0.1) is 21.0 Å². The number of allylic oxidation sites excluding steroid dienone is 1. The first-order chi connectivity index (χ1) is 18.0. The van der Waals surface area contributed by atoms with Crippen molar-refractivity contribution in [2.24, 2.45) is 5.92 Å².